The van der Waals surface area contributed by atoms with Crippen molar-refractivity contribution >= 4 is 11.6 Å². The minimum absolute atomic E-state index is 0.246. The van der Waals surface area contributed by atoms with Gasteiger partial charge in [-0.25, -0.2) is 4.39 Å². The Morgan fingerprint density at radius 1 is 1.44 bits per heavy atom. The zero-order valence-corrected chi connectivity index (χ0v) is 11.0. The first kappa shape index (κ1) is 15.0. The van der Waals surface area contributed by atoms with E-state index in [0.717, 1.165) is 5.56 Å². The molecule has 1 aromatic rings. The van der Waals surface area contributed by atoms with Gasteiger partial charge in [-0.1, -0.05) is 23.7 Å². The van der Waals surface area contributed by atoms with Gasteiger partial charge in [-0.2, -0.15) is 0 Å². The van der Waals surface area contributed by atoms with Crippen LogP contribution in [0.4, 0.5) is 4.39 Å². The molecule has 0 saturated carbocycles. The molecule has 0 atom stereocenters. The number of para-hydroxylation sites is 1. The second-order valence-electron chi connectivity index (χ2n) is 3.57. The first-order valence-electron chi connectivity index (χ1n) is 5.64. The summed E-state index contributed by atoms with van der Waals surface area (Å²) >= 11 is 5.39. The summed E-state index contributed by atoms with van der Waals surface area (Å²) in [6.07, 6.45) is 1.61. The highest BCUT2D eigenvalue weighted by Gasteiger charge is 2.08. The molecule has 0 radical (unpaired) electrons. The van der Waals surface area contributed by atoms with E-state index in [1.54, 1.807) is 19.3 Å². The molecule has 0 bridgehead atoms. The van der Waals surface area contributed by atoms with Crippen molar-refractivity contribution in [3.63, 3.8) is 0 Å². The van der Waals surface area contributed by atoms with Gasteiger partial charge in [0.1, 0.15) is 6.61 Å². The fourth-order valence-electron chi connectivity index (χ4n) is 1.42. The summed E-state index contributed by atoms with van der Waals surface area (Å²) in [5.41, 5.74) is 2.12. The van der Waals surface area contributed by atoms with Crippen LogP contribution >= 0.6 is 11.6 Å². The lowest BCUT2D eigenvalue weighted by molar-refractivity contribution is 0.199. The average molecular weight is 274 g/mol. The van der Waals surface area contributed by atoms with Gasteiger partial charge in [-0.05, 0) is 12.1 Å². The zero-order valence-electron chi connectivity index (χ0n) is 10.3. The van der Waals surface area contributed by atoms with Gasteiger partial charge in [0.05, 0.1) is 6.61 Å². The summed E-state index contributed by atoms with van der Waals surface area (Å²) < 4.78 is 23.9. The van der Waals surface area contributed by atoms with Crippen LogP contribution in [0.5, 0.6) is 5.75 Å². The number of methoxy groups -OCH3 is 1. The lowest BCUT2D eigenvalue weighted by Crippen LogP contribution is -2.19. The normalized spacial score (nSPS) is 11.1. The van der Waals surface area contributed by atoms with E-state index in [4.69, 9.17) is 21.1 Å². The van der Waals surface area contributed by atoms with Crippen molar-refractivity contribution in [2.45, 2.75) is 6.54 Å². The van der Waals surface area contributed by atoms with Gasteiger partial charge in [0.25, 0.3) is 0 Å². The van der Waals surface area contributed by atoms with E-state index in [9.17, 15) is 4.39 Å². The summed E-state index contributed by atoms with van der Waals surface area (Å²) in [6, 6.07) is 4.86. The molecule has 100 valence electrons. The van der Waals surface area contributed by atoms with E-state index < -0.39 is 0 Å². The molecule has 18 heavy (non-hydrogen) atoms. The molecule has 1 aromatic carbocycles. The van der Waals surface area contributed by atoms with Crippen LogP contribution in [0, 0.1) is 5.82 Å². The molecular formula is C13H17ClFNO2. The Morgan fingerprint density at radius 3 is 3.00 bits per heavy atom. The average Bonchev–Trinajstić information content (AvgIpc) is 2.37. The van der Waals surface area contributed by atoms with Crippen molar-refractivity contribution < 1.29 is 13.9 Å². The minimum atomic E-state index is -0.371. The molecular weight excluding hydrogens is 257 g/mol. The van der Waals surface area contributed by atoms with Gasteiger partial charge < -0.3 is 14.8 Å². The Labute approximate surface area is 112 Å². The maximum absolute atomic E-state index is 13.6. The third-order valence-electron chi connectivity index (χ3n) is 2.26. The summed E-state index contributed by atoms with van der Waals surface area (Å²) in [7, 11) is 1.64. The van der Waals surface area contributed by atoms with Gasteiger partial charge in [0.2, 0.25) is 0 Å². The van der Waals surface area contributed by atoms with Gasteiger partial charge in [-0.15, -0.1) is 0 Å². The molecule has 0 fully saturated rings. The van der Waals surface area contributed by atoms with Crippen LogP contribution in [-0.4, -0.2) is 26.9 Å². The maximum Gasteiger partial charge on any atom is 0.165 e. The Hall–Kier alpha value is -1.10. The third-order valence-corrected chi connectivity index (χ3v) is 2.44. The number of hydrogen-bond donors (Lipinski definition) is 1. The maximum atomic E-state index is 13.6. The highest BCUT2D eigenvalue weighted by molar-refractivity contribution is 6.25. The first-order valence-corrected chi connectivity index (χ1v) is 6.08. The Kier molecular flexibility index (Phi) is 7.41. The lowest BCUT2D eigenvalue weighted by atomic mass is 10.2. The number of halogens is 2. The molecule has 0 aliphatic rings. The fraction of sp³-hybridized carbons (Fsp3) is 0.385. The van der Waals surface area contributed by atoms with Crippen LogP contribution in [0.3, 0.4) is 0 Å². The molecule has 0 aliphatic heterocycles. The van der Waals surface area contributed by atoms with Crippen molar-refractivity contribution in [2.75, 3.05) is 26.9 Å². The van der Waals surface area contributed by atoms with Gasteiger partial charge in [0.15, 0.2) is 11.6 Å². The van der Waals surface area contributed by atoms with Crippen LogP contribution in [0.1, 0.15) is 5.56 Å². The number of nitrogens with one attached hydrogen (secondary N) is 1. The number of rotatable bonds is 8. The molecule has 0 aliphatic carbocycles. The van der Waals surface area contributed by atoms with Crippen molar-refractivity contribution in [1.82, 2.24) is 5.32 Å². The van der Waals surface area contributed by atoms with E-state index in [-0.39, 0.29) is 18.2 Å². The van der Waals surface area contributed by atoms with E-state index in [2.05, 4.69) is 5.32 Å². The Balaban J connectivity index is 2.61. The second kappa shape index (κ2) is 8.91. The topological polar surface area (TPSA) is 30.5 Å². The predicted octanol–water partition coefficient (Wildman–Crippen LogP) is 2.69. The molecule has 0 aromatic heterocycles. The molecule has 0 amide bonds. The molecule has 3 nitrogen and oxygen atoms in total. The summed E-state index contributed by atoms with van der Waals surface area (Å²) in [4.78, 5) is 0. The molecule has 0 saturated heterocycles. The smallest absolute Gasteiger partial charge is 0.165 e. The van der Waals surface area contributed by atoms with E-state index in [1.165, 1.54) is 11.6 Å². The van der Waals surface area contributed by atoms with Gasteiger partial charge >= 0.3 is 0 Å². The summed E-state index contributed by atoms with van der Waals surface area (Å²) in [5, 5.41) is 3.14. The molecule has 0 heterocycles. The Morgan fingerprint density at radius 2 is 2.28 bits per heavy atom. The molecule has 0 spiro atoms. The number of hydrogen-bond acceptors (Lipinski definition) is 3. The lowest BCUT2D eigenvalue weighted by Gasteiger charge is -2.11. The molecule has 0 unspecified atom stereocenters. The van der Waals surface area contributed by atoms with E-state index in [0.29, 0.717) is 19.7 Å². The van der Waals surface area contributed by atoms with Crippen molar-refractivity contribution in [3.05, 3.63) is 41.2 Å². The SMILES string of the molecule is COCCNCc1cccc(F)c1OC/C=C/Cl. The van der Waals surface area contributed by atoms with Crippen molar-refractivity contribution in [1.29, 1.82) is 0 Å². The predicted molar refractivity (Wildman–Crippen MR) is 70.5 cm³/mol. The Bertz CT molecular complexity index is 385. The van der Waals surface area contributed by atoms with Crippen molar-refractivity contribution in [2.24, 2.45) is 0 Å². The number of ether oxygens (including phenoxy) is 2. The fourth-order valence-corrected chi connectivity index (χ4v) is 1.49. The molecule has 1 N–H and O–H groups in total. The monoisotopic (exact) mass is 273 g/mol. The summed E-state index contributed by atoms with van der Waals surface area (Å²) in [6.45, 7) is 2.09. The second-order valence-corrected chi connectivity index (χ2v) is 3.82. The van der Waals surface area contributed by atoms with Crippen LogP contribution in [0.15, 0.2) is 29.8 Å². The van der Waals surface area contributed by atoms with E-state index >= 15 is 0 Å². The minimum Gasteiger partial charge on any atom is -0.486 e. The number of benzene rings is 1. The highest BCUT2D eigenvalue weighted by atomic mass is 35.5. The van der Waals surface area contributed by atoms with Crippen LogP contribution < -0.4 is 10.1 Å². The van der Waals surface area contributed by atoms with Crippen LogP contribution in [0.25, 0.3) is 0 Å². The third kappa shape index (κ3) is 5.04. The largest absolute Gasteiger partial charge is 0.486 e. The highest BCUT2D eigenvalue weighted by Crippen LogP contribution is 2.22. The standard InChI is InChI=1S/C13H17ClFNO2/c1-17-9-7-16-10-11-4-2-5-12(15)13(11)18-8-3-6-14/h2-6,16H,7-10H2,1H3/b6-3+. The molecule has 1 rings (SSSR count). The van der Waals surface area contributed by atoms with Gasteiger partial charge in [0, 0.05) is 31.3 Å². The summed E-state index contributed by atoms with van der Waals surface area (Å²) in [5.74, 6) is -0.110. The van der Waals surface area contributed by atoms with Crippen LogP contribution in [0.2, 0.25) is 0 Å². The van der Waals surface area contributed by atoms with Gasteiger partial charge in [-0.3, -0.25) is 0 Å². The zero-order chi connectivity index (χ0) is 13.2. The van der Waals surface area contributed by atoms with E-state index in [1.807, 2.05) is 6.07 Å². The molecule has 5 heteroatoms. The quantitative estimate of drug-likeness (QED) is 0.739. The van der Waals surface area contributed by atoms with Crippen molar-refractivity contribution in [3.8, 4) is 5.75 Å². The van der Waals surface area contributed by atoms with Crippen LogP contribution in [-0.2, 0) is 11.3 Å². The first-order chi connectivity index (χ1) is 8.79.